The Balaban J connectivity index is 2.41. The zero-order valence-electron chi connectivity index (χ0n) is 9.75. The molecule has 2 aromatic rings. The van der Waals surface area contributed by atoms with Gasteiger partial charge in [-0.2, -0.15) is 0 Å². The second-order valence-corrected chi connectivity index (χ2v) is 3.89. The van der Waals surface area contributed by atoms with Gasteiger partial charge in [-0.25, -0.2) is 9.97 Å². The van der Waals surface area contributed by atoms with Gasteiger partial charge in [-0.3, -0.25) is 0 Å². The van der Waals surface area contributed by atoms with Crippen LogP contribution in [0.4, 0.5) is 5.95 Å². The molecule has 92 valence electrons. The third-order valence-corrected chi connectivity index (χ3v) is 2.38. The van der Waals surface area contributed by atoms with Crippen LogP contribution in [0.5, 0.6) is 5.75 Å². The summed E-state index contributed by atoms with van der Waals surface area (Å²) >= 11 is 4.75. The molecule has 1 aromatic heterocycles. The lowest BCUT2D eigenvalue weighted by atomic mass is 10.1. The van der Waals surface area contributed by atoms with Crippen molar-refractivity contribution in [3.63, 3.8) is 0 Å². The number of hydrogen-bond acceptors (Lipinski definition) is 4. The summed E-state index contributed by atoms with van der Waals surface area (Å²) in [6.07, 6.45) is 1.63. The summed E-state index contributed by atoms with van der Waals surface area (Å²) in [7, 11) is 1.62. The molecule has 3 N–H and O–H groups in total. The van der Waals surface area contributed by atoms with Crippen LogP contribution in [0.1, 0.15) is 0 Å². The van der Waals surface area contributed by atoms with Gasteiger partial charge < -0.3 is 15.8 Å². The fourth-order valence-electron chi connectivity index (χ4n) is 1.54. The second-order valence-electron chi connectivity index (χ2n) is 3.46. The summed E-state index contributed by atoms with van der Waals surface area (Å²) in [5, 5.41) is 2.83. The van der Waals surface area contributed by atoms with Crippen LogP contribution in [0.25, 0.3) is 11.3 Å². The molecule has 0 aliphatic carbocycles. The molecule has 5 nitrogen and oxygen atoms in total. The molecule has 0 aliphatic rings. The van der Waals surface area contributed by atoms with E-state index in [1.807, 2.05) is 24.3 Å². The summed E-state index contributed by atoms with van der Waals surface area (Å²) < 4.78 is 5.29. The van der Waals surface area contributed by atoms with E-state index in [0.717, 1.165) is 17.0 Å². The van der Waals surface area contributed by atoms with Gasteiger partial charge in [0.2, 0.25) is 5.95 Å². The molecule has 0 saturated carbocycles. The van der Waals surface area contributed by atoms with Crippen molar-refractivity contribution in [2.45, 2.75) is 0 Å². The zero-order chi connectivity index (χ0) is 13.0. The van der Waals surface area contributed by atoms with E-state index in [4.69, 9.17) is 22.7 Å². The fourth-order valence-corrected chi connectivity index (χ4v) is 1.63. The molecule has 0 fully saturated rings. The minimum Gasteiger partial charge on any atom is -0.496 e. The number of nitrogens with two attached hydrogens (primary N) is 1. The van der Waals surface area contributed by atoms with Crippen molar-refractivity contribution >= 4 is 23.3 Å². The van der Waals surface area contributed by atoms with Crippen LogP contribution in [-0.4, -0.2) is 22.2 Å². The minimum atomic E-state index is 0.132. The number of rotatable bonds is 3. The molecule has 2 rings (SSSR count). The van der Waals surface area contributed by atoms with Crippen molar-refractivity contribution < 1.29 is 4.74 Å². The van der Waals surface area contributed by atoms with Gasteiger partial charge in [0.25, 0.3) is 0 Å². The number of ether oxygens (including phenoxy) is 1. The Bertz CT molecular complexity index is 574. The Morgan fingerprint density at radius 3 is 2.83 bits per heavy atom. The monoisotopic (exact) mass is 260 g/mol. The van der Waals surface area contributed by atoms with Crippen molar-refractivity contribution in [2.24, 2.45) is 5.73 Å². The van der Waals surface area contributed by atoms with Gasteiger partial charge in [-0.1, -0.05) is 12.1 Å². The van der Waals surface area contributed by atoms with Crippen molar-refractivity contribution in [2.75, 3.05) is 12.4 Å². The molecule has 0 amide bonds. The Kier molecular flexibility index (Phi) is 3.69. The molecule has 0 atom stereocenters. The van der Waals surface area contributed by atoms with Crippen LogP contribution in [0.2, 0.25) is 0 Å². The normalized spacial score (nSPS) is 9.83. The lowest BCUT2D eigenvalue weighted by Crippen LogP contribution is -2.20. The molecule has 18 heavy (non-hydrogen) atoms. The van der Waals surface area contributed by atoms with Crippen LogP contribution >= 0.6 is 12.2 Å². The van der Waals surface area contributed by atoms with E-state index in [0.29, 0.717) is 5.95 Å². The number of nitrogens with zero attached hydrogens (tertiary/aromatic N) is 2. The van der Waals surface area contributed by atoms with Gasteiger partial charge in [0.1, 0.15) is 5.75 Å². The number of aromatic nitrogens is 2. The number of hydrogen-bond donors (Lipinski definition) is 2. The average molecular weight is 260 g/mol. The summed E-state index contributed by atoms with van der Waals surface area (Å²) in [5.74, 6) is 1.11. The van der Waals surface area contributed by atoms with E-state index in [1.54, 1.807) is 19.4 Å². The number of nitrogens with one attached hydrogen (secondary N) is 1. The predicted molar refractivity (Wildman–Crippen MR) is 74.4 cm³/mol. The standard InChI is InChI=1S/C12H12N4OS/c1-17-10-5-3-2-4-8(10)9-6-7-14-12(15-9)16-11(13)18/h2-7H,1H3,(H3,13,14,15,16,18). The highest BCUT2D eigenvalue weighted by Gasteiger charge is 2.07. The van der Waals surface area contributed by atoms with Crippen molar-refractivity contribution in [3.8, 4) is 17.0 Å². The fraction of sp³-hybridized carbons (Fsp3) is 0.0833. The van der Waals surface area contributed by atoms with E-state index in [9.17, 15) is 0 Å². The molecular formula is C12H12N4OS. The highest BCUT2D eigenvalue weighted by atomic mass is 32.1. The van der Waals surface area contributed by atoms with Gasteiger partial charge in [0.05, 0.1) is 12.8 Å². The topological polar surface area (TPSA) is 73.1 Å². The predicted octanol–water partition coefficient (Wildman–Crippen LogP) is 1.81. The number of anilines is 1. The zero-order valence-corrected chi connectivity index (χ0v) is 10.6. The van der Waals surface area contributed by atoms with Crippen LogP contribution in [0, 0.1) is 0 Å². The van der Waals surface area contributed by atoms with Crippen molar-refractivity contribution in [1.29, 1.82) is 0 Å². The minimum absolute atomic E-state index is 0.132. The SMILES string of the molecule is COc1ccccc1-c1ccnc(NC(N)=S)n1. The highest BCUT2D eigenvalue weighted by Crippen LogP contribution is 2.28. The lowest BCUT2D eigenvalue weighted by Gasteiger charge is -2.08. The number of para-hydroxylation sites is 1. The van der Waals surface area contributed by atoms with E-state index in [1.165, 1.54) is 0 Å². The Labute approximate surface area is 110 Å². The third kappa shape index (κ3) is 2.72. The molecule has 1 aromatic carbocycles. The summed E-state index contributed by atoms with van der Waals surface area (Å²) in [6, 6.07) is 9.41. The maximum atomic E-state index is 5.38. The van der Waals surface area contributed by atoms with Crippen molar-refractivity contribution in [1.82, 2.24) is 9.97 Å². The molecule has 1 heterocycles. The number of thiocarbonyl (C=S) groups is 1. The maximum Gasteiger partial charge on any atom is 0.229 e. The van der Waals surface area contributed by atoms with Gasteiger partial charge in [0.15, 0.2) is 5.11 Å². The summed E-state index contributed by atoms with van der Waals surface area (Å²) in [5.41, 5.74) is 7.00. The summed E-state index contributed by atoms with van der Waals surface area (Å²) in [4.78, 5) is 8.35. The van der Waals surface area contributed by atoms with E-state index < -0.39 is 0 Å². The maximum absolute atomic E-state index is 5.38. The Hall–Kier alpha value is -2.21. The quantitative estimate of drug-likeness (QED) is 0.820. The van der Waals surface area contributed by atoms with Gasteiger partial charge >= 0.3 is 0 Å². The third-order valence-electron chi connectivity index (χ3n) is 2.27. The molecule has 0 bridgehead atoms. The first-order valence-electron chi connectivity index (χ1n) is 5.23. The molecule has 6 heteroatoms. The van der Waals surface area contributed by atoms with Crippen LogP contribution in [-0.2, 0) is 0 Å². The van der Waals surface area contributed by atoms with Crippen LogP contribution < -0.4 is 15.8 Å². The smallest absolute Gasteiger partial charge is 0.229 e. The second kappa shape index (κ2) is 5.42. The highest BCUT2D eigenvalue weighted by molar-refractivity contribution is 7.80. The molecule has 0 spiro atoms. The molecular weight excluding hydrogens is 248 g/mol. The Morgan fingerprint density at radius 2 is 2.11 bits per heavy atom. The van der Waals surface area contributed by atoms with Gasteiger partial charge in [-0.15, -0.1) is 0 Å². The van der Waals surface area contributed by atoms with Gasteiger partial charge in [-0.05, 0) is 30.4 Å². The molecule has 0 aliphatic heterocycles. The van der Waals surface area contributed by atoms with E-state index in [2.05, 4.69) is 15.3 Å². The molecule has 0 saturated heterocycles. The van der Waals surface area contributed by atoms with Crippen molar-refractivity contribution in [3.05, 3.63) is 36.5 Å². The first-order valence-corrected chi connectivity index (χ1v) is 5.64. The number of methoxy groups -OCH3 is 1. The van der Waals surface area contributed by atoms with Gasteiger partial charge in [0, 0.05) is 11.8 Å². The molecule has 0 radical (unpaired) electrons. The summed E-state index contributed by atoms with van der Waals surface area (Å²) in [6.45, 7) is 0. The first-order chi connectivity index (χ1) is 8.70. The lowest BCUT2D eigenvalue weighted by molar-refractivity contribution is 0.416. The molecule has 0 unspecified atom stereocenters. The number of benzene rings is 1. The van der Waals surface area contributed by atoms with E-state index in [-0.39, 0.29) is 5.11 Å². The van der Waals surface area contributed by atoms with Crippen LogP contribution in [0.3, 0.4) is 0 Å². The van der Waals surface area contributed by atoms with E-state index >= 15 is 0 Å². The first kappa shape index (κ1) is 12.3. The van der Waals surface area contributed by atoms with Crippen LogP contribution in [0.15, 0.2) is 36.5 Å². The largest absolute Gasteiger partial charge is 0.496 e. The average Bonchev–Trinajstić information content (AvgIpc) is 2.38. The Morgan fingerprint density at radius 1 is 1.33 bits per heavy atom.